The summed E-state index contributed by atoms with van der Waals surface area (Å²) in [5.41, 5.74) is 0.207. The van der Waals surface area contributed by atoms with Crippen LogP contribution in [0, 0.1) is 0 Å². The first-order chi connectivity index (χ1) is 11.2. The van der Waals surface area contributed by atoms with Crippen molar-refractivity contribution in [1.82, 2.24) is 14.3 Å². The van der Waals surface area contributed by atoms with Crippen LogP contribution in [-0.4, -0.2) is 52.1 Å². The summed E-state index contributed by atoms with van der Waals surface area (Å²) in [6.07, 6.45) is -0.259. The highest BCUT2D eigenvalue weighted by Gasteiger charge is 2.27. The van der Waals surface area contributed by atoms with E-state index in [0.29, 0.717) is 28.4 Å². The molecular formula is C15H18BrClN4O2S. The smallest absolute Gasteiger partial charge is 0.410 e. The fourth-order valence-corrected chi connectivity index (χ4v) is 3.76. The minimum atomic E-state index is -0.474. The summed E-state index contributed by atoms with van der Waals surface area (Å²) >= 11 is 10.9. The average Bonchev–Trinajstić information content (AvgIpc) is 2.89. The van der Waals surface area contributed by atoms with E-state index in [0.717, 1.165) is 23.5 Å². The van der Waals surface area contributed by atoms with Crippen molar-refractivity contribution in [2.24, 2.45) is 0 Å². The molecule has 0 unspecified atom stereocenters. The van der Waals surface area contributed by atoms with E-state index < -0.39 is 5.60 Å². The van der Waals surface area contributed by atoms with Gasteiger partial charge in [0, 0.05) is 26.2 Å². The summed E-state index contributed by atoms with van der Waals surface area (Å²) < 4.78 is 10.4. The van der Waals surface area contributed by atoms with Gasteiger partial charge in [0.05, 0.1) is 10.4 Å². The number of piperazine rings is 1. The van der Waals surface area contributed by atoms with Crippen molar-refractivity contribution in [1.29, 1.82) is 0 Å². The van der Waals surface area contributed by atoms with Gasteiger partial charge in [0.15, 0.2) is 5.65 Å². The number of pyridine rings is 1. The molecule has 0 aromatic carbocycles. The van der Waals surface area contributed by atoms with Crippen LogP contribution in [0.2, 0.25) is 5.02 Å². The van der Waals surface area contributed by atoms with Crippen LogP contribution in [-0.2, 0) is 4.74 Å². The molecule has 24 heavy (non-hydrogen) atoms. The molecule has 2 aromatic heterocycles. The Hall–Kier alpha value is -1.12. The first-order valence-corrected chi connectivity index (χ1v) is 9.53. The number of amides is 1. The van der Waals surface area contributed by atoms with Gasteiger partial charge in [0.25, 0.3) is 0 Å². The zero-order valence-corrected chi connectivity index (χ0v) is 16.8. The Morgan fingerprint density at radius 2 is 2.00 bits per heavy atom. The van der Waals surface area contributed by atoms with E-state index in [1.54, 1.807) is 4.90 Å². The molecule has 0 aliphatic carbocycles. The van der Waals surface area contributed by atoms with E-state index in [2.05, 4.69) is 30.2 Å². The molecule has 0 bridgehead atoms. The van der Waals surface area contributed by atoms with E-state index in [1.165, 1.54) is 11.5 Å². The summed E-state index contributed by atoms with van der Waals surface area (Å²) in [6, 6.07) is 1.88. The maximum Gasteiger partial charge on any atom is 0.410 e. The highest BCUT2D eigenvalue weighted by Crippen LogP contribution is 2.35. The van der Waals surface area contributed by atoms with Crippen molar-refractivity contribution in [3.63, 3.8) is 0 Å². The third kappa shape index (κ3) is 3.75. The summed E-state index contributed by atoms with van der Waals surface area (Å²) in [4.78, 5) is 20.4. The first kappa shape index (κ1) is 17.7. The van der Waals surface area contributed by atoms with E-state index in [9.17, 15) is 4.79 Å². The number of nitrogens with zero attached hydrogens (tertiary/aromatic N) is 4. The lowest BCUT2D eigenvalue weighted by Gasteiger charge is -2.36. The highest BCUT2D eigenvalue weighted by molar-refractivity contribution is 9.10. The minimum absolute atomic E-state index is 0.259. The Balaban J connectivity index is 1.71. The molecule has 0 N–H and O–H groups in total. The molecule has 2 aromatic rings. The number of rotatable bonds is 1. The van der Waals surface area contributed by atoms with Gasteiger partial charge in [-0.15, -0.1) is 0 Å². The Bertz CT molecular complexity index is 769. The molecule has 1 fully saturated rings. The van der Waals surface area contributed by atoms with E-state index in [4.69, 9.17) is 16.3 Å². The van der Waals surface area contributed by atoms with Crippen molar-refractivity contribution in [2.75, 3.05) is 31.1 Å². The number of anilines is 1. The summed E-state index contributed by atoms with van der Waals surface area (Å²) in [5.74, 6) is 0. The molecule has 1 amide bonds. The maximum absolute atomic E-state index is 12.1. The van der Waals surface area contributed by atoms with Gasteiger partial charge in [-0.2, -0.15) is 4.37 Å². The molecule has 1 aliphatic rings. The van der Waals surface area contributed by atoms with Crippen molar-refractivity contribution >= 4 is 61.2 Å². The monoisotopic (exact) mass is 432 g/mol. The molecule has 3 rings (SSSR count). The number of carbonyl (C=O) groups is 1. The molecule has 9 heteroatoms. The predicted molar refractivity (Wildman–Crippen MR) is 100 cm³/mol. The fourth-order valence-electron chi connectivity index (χ4n) is 2.47. The van der Waals surface area contributed by atoms with Crippen LogP contribution in [0.15, 0.2) is 10.7 Å². The van der Waals surface area contributed by atoms with Crippen LogP contribution < -0.4 is 4.90 Å². The lowest BCUT2D eigenvalue weighted by molar-refractivity contribution is 0.0241. The zero-order valence-electron chi connectivity index (χ0n) is 13.7. The summed E-state index contributed by atoms with van der Waals surface area (Å²) in [5, 5.41) is 2.55. The molecule has 0 saturated carbocycles. The van der Waals surface area contributed by atoms with Crippen molar-refractivity contribution < 1.29 is 9.53 Å². The van der Waals surface area contributed by atoms with Gasteiger partial charge in [-0.05, 0) is 54.3 Å². The number of ether oxygens (including phenoxy) is 1. The summed E-state index contributed by atoms with van der Waals surface area (Å²) in [7, 11) is 0. The average molecular weight is 434 g/mol. The molecular weight excluding hydrogens is 416 g/mol. The second-order valence-corrected chi connectivity index (χ2v) is 8.48. The highest BCUT2D eigenvalue weighted by atomic mass is 79.9. The Morgan fingerprint density at radius 3 is 2.62 bits per heavy atom. The second-order valence-electron chi connectivity index (χ2n) is 6.57. The van der Waals surface area contributed by atoms with Gasteiger partial charge in [0.2, 0.25) is 0 Å². The van der Waals surface area contributed by atoms with Crippen molar-refractivity contribution in [3.8, 4) is 0 Å². The first-order valence-electron chi connectivity index (χ1n) is 7.59. The molecule has 0 radical (unpaired) electrons. The number of hydrogen-bond donors (Lipinski definition) is 0. The van der Waals surface area contributed by atoms with E-state index in [-0.39, 0.29) is 6.09 Å². The lowest BCUT2D eigenvalue weighted by atomic mass is 10.2. The molecule has 0 atom stereocenters. The van der Waals surface area contributed by atoms with Crippen molar-refractivity contribution in [3.05, 3.63) is 15.7 Å². The molecule has 1 aliphatic heterocycles. The molecule has 1 saturated heterocycles. The number of halogens is 2. The van der Waals surface area contributed by atoms with E-state index >= 15 is 0 Å². The van der Waals surface area contributed by atoms with Crippen molar-refractivity contribution in [2.45, 2.75) is 26.4 Å². The summed E-state index contributed by atoms with van der Waals surface area (Å²) in [6.45, 7) is 8.31. The van der Waals surface area contributed by atoms with Crippen LogP contribution in [0.25, 0.3) is 11.0 Å². The van der Waals surface area contributed by atoms with E-state index in [1.807, 2.05) is 26.8 Å². The number of hydrogen-bond acceptors (Lipinski definition) is 6. The van der Waals surface area contributed by atoms with Crippen LogP contribution in [0.1, 0.15) is 20.8 Å². The molecule has 0 spiro atoms. The second kappa shape index (κ2) is 6.65. The number of carbonyl (C=O) groups excluding carboxylic acids is 1. The van der Waals surface area contributed by atoms with Crippen LogP contribution in [0.5, 0.6) is 0 Å². The Labute approximate surface area is 158 Å². The van der Waals surface area contributed by atoms with Crippen LogP contribution in [0.3, 0.4) is 0 Å². The third-order valence-corrected chi connectivity index (χ3v) is 5.62. The largest absolute Gasteiger partial charge is 0.444 e. The quantitative estimate of drug-likeness (QED) is 0.632. The Kier molecular flexibility index (Phi) is 4.90. The maximum atomic E-state index is 12.1. The fraction of sp³-hybridized carbons (Fsp3) is 0.533. The lowest BCUT2D eigenvalue weighted by Crippen LogP contribution is -2.50. The molecule has 130 valence electrons. The number of aromatic nitrogens is 2. The third-order valence-electron chi connectivity index (χ3n) is 3.58. The number of fused-ring (bicyclic) bond motifs is 1. The van der Waals surface area contributed by atoms with Gasteiger partial charge in [0.1, 0.15) is 15.2 Å². The minimum Gasteiger partial charge on any atom is -0.444 e. The SMILES string of the molecule is CC(C)(C)OC(=O)N1CCN(c2snc3nc(Br)c(Cl)cc23)CC1. The van der Waals surface area contributed by atoms with Gasteiger partial charge in [-0.25, -0.2) is 9.78 Å². The topological polar surface area (TPSA) is 58.6 Å². The van der Waals surface area contributed by atoms with Gasteiger partial charge in [-0.3, -0.25) is 0 Å². The molecule has 3 heterocycles. The standard InChI is InChI=1S/C15H18BrClN4O2S/c1-15(2,3)23-14(22)21-6-4-20(5-7-21)13-9-8-10(17)11(16)18-12(9)19-24-13/h8H,4-7H2,1-3H3. The van der Waals surface area contributed by atoms with Crippen LogP contribution in [0.4, 0.5) is 9.80 Å². The van der Waals surface area contributed by atoms with Crippen LogP contribution >= 0.6 is 39.1 Å². The normalized spacial score (nSPS) is 15.9. The van der Waals surface area contributed by atoms with Gasteiger partial charge < -0.3 is 14.5 Å². The van der Waals surface area contributed by atoms with Gasteiger partial charge >= 0.3 is 6.09 Å². The predicted octanol–water partition coefficient (Wildman–Crippen LogP) is 4.16. The Morgan fingerprint density at radius 1 is 1.33 bits per heavy atom. The van der Waals surface area contributed by atoms with Gasteiger partial charge in [-0.1, -0.05) is 11.6 Å². The zero-order chi connectivity index (χ0) is 17.5. The molecule has 6 nitrogen and oxygen atoms in total.